The number of carbonyl (C=O) groups excluding carboxylic acids is 1. The molecule has 3 N–H and O–H groups in total. The van der Waals surface area contributed by atoms with Gasteiger partial charge in [0.05, 0.1) is 4.92 Å². The van der Waals surface area contributed by atoms with E-state index >= 15 is 0 Å². The Morgan fingerprint density at radius 2 is 1.96 bits per heavy atom. The van der Waals surface area contributed by atoms with Crippen LogP contribution in [0.1, 0.15) is 39.9 Å². The van der Waals surface area contributed by atoms with E-state index in [2.05, 4.69) is 28.1 Å². The first kappa shape index (κ1) is 16.5. The Balaban J connectivity index is 1.45. The van der Waals surface area contributed by atoms with Crippen LogP contribution in [0.4, 0.5) is 11.4 Å². The summed E-state index contributed by atoms with van der Waals surface area (Å²) < 4.78 is 0. The molecule has 7 nitrogen and oxygen atoms in total. The summed E-state index contributed by atoms with van der Waals surface area (Å²) in [4.78, 5) is 23.3. The normalized spacial score (nSPS) is 15.4. The van der Waals surface area contributed by atoms with Gasteiger partial charge in [-0.2, -0.15) is 0 Å². The standard InChI is InChI=1S/C19H20N4O3/c24-19(21-9-12-1-2-14-10-20-11-15(14)7-12)13-3-6-17(22-16-4-5-16)18(8-13)23(25)26/h1-3,6-8,16,20,22H,4-5,9-11H2,(H,21,24). The van der Waals surface area contributed by atoms with Gasteiger partial charge in [-0.1, -0.05) is 18.2 Å². The Labute approximate surface area is 150 Å². The number of carbonyl (C=O) groups is 1. The molecule has 134 valence electrons. The van der Waals surface area contributed by atoms with Gasteiger partial charge >= 0.3 is 0 Å². The third-order valence-corrected chi connectivity index (χ3v) is 4.75. The maximum absolute atomic E-state index is 12.4. The molecule has 1 heterocycles. The number of hydrogen-bond donors (Lipinski definition) is 3. The molecule has 0 radical (unpaired) electrons. The van der Waals surface area contributed by atoms with E-state index in [9.17, 15) is 14.9 Å². The highest BCUT2D eigenvalue weighted by atomic mass is 16.6. The zero-order valence-corrected chi connectivity index (χ0v) is 14.2. The van der Waals surface area contributed by atoms with Gasteiger partial charge in [0.1, 0.15) is 5.69 Å². The summed E-state index contributed by atoms with van der Waals surface area (Å²) in [5.74, 6) is -0.315. The number of rotatable bonds is 6. The zero-order chi connectivity index (χ0) is 18.1. The van der Waals surface area contributed by atoms with Crippen LogP contribution in [0, 0.1) is 10.1 Å². The number of hydrogen-bond acceptors (Lipinski definition) is 5. The van der Waals surface area contributed by atoms with Crippen molar-refractivity contribution in [2.24, 2.45) is 0 Å². The van der Waals surface area contributed by atoms with E-state index in [0.717, 1.165) is 31.5 Å². The van der Waals surface area contributed by atoms with Gasteiger partial charge in [0.25, 0.3) is 11.6 Å². The van der Waals surface area contributed by atoms with Gasteiger partial charge in [0, 0.05) is 37.3 Å². The van der Waals surface area contributed by atoms with E-state index in [1.807, 2.05) is 6.07 Å². The predicted octanol–water partition coefficient (Wildman–Crippen LogP) is 2.70. The molecule has 1 fully saturated rings. The number of benzene rings is 2. The van der Waals surface area contributed by atoms with Crippen LogP contribution in [-0.4, -0.2) is 16.9 Å². The second-order valence-corrected chi connectivity index (χ2v) is 6.80. The summed E-state index contributed by atoms with van der Waals surface area (Å²) >= 11 is 0. The Bertz CT molecular complexity index is 877. The predicted molar refractivity (Wildman–Crippen MR) is 97.9 cm³/mol. The van der Waals surface area contributed by atoms with Gasteiger partial charge in [0.15, 0.2) is 0 Å². The first-order valence-corrected chi connectivity index (χ1v) is 8.75. The first-order chi connectivity index (χ1) is 12.6. The zero-order valence-electron chi connectivity index (χ0n) is 14.2. The van der Waals surface area contributed by atoms with E-state index in [-0.39, 0.29) is 11.6 Å². The van der Waals surface area contributed by atoms with Crippen molar-refractivity contribution in [2.75, 3.05) is 5.32 Å². The lowest BCUT2D eigenvalue weighted by atomic mass is 10.1. The molecule has 0 aromatic heterocycles. The highest BCUT2D eigenvalue weighted by Gasteiger charge is 2.25. The van der Waals surface area contributed by atoms with Gasteiger partial charge in [-0.25, -0.2) is 0 Å². The second kappa shape index (κ2) is 6.76. The molecule has 0 saturated heterocycles. The van der Waals surface area contributed by atoms with Crippen molar-refractivity contribution in [2.45, 2.75) is 38.5 Å². The SMILES string of the molecule is O=C(NCc1ccc2c(c1)CNC2)c1ccc(NC2CC2)c([N+](=O)[O-])c1. The Kier molecular flexibility index (Phi) is 4.30. The Morgan fingerprint density at radius 3 is 2.73 bits per heavy atom. The van der Waals surface area contributed by atoms with Crippen molar-refractivity contribution in [3.05, 3.63) is 68.8 Å². The van der Waals surface area contributed by atoms with Crippen LogP contribution in [0.2, 0.25) is 0 Å². The molecule has 4 rings (SSSR count). The third kappa shape index (κ3) is 3.52. The number of nitrogens with zero attached hydrogens (tertiary/aromatic N) is 1. The molecule has 0 bridgehead atoms. The molecule has 1 aliphatic heterocycles. The van der Waals surface area contributed by atoms with Crippen molar-refractivity contribution >= 4 is 17.3 Å². The lowest BCUT2D eigenvalue weighted by molar-refractivity contribution is -0.384. The molecule has 0 atom stereocenters. The highest BCUT2D eigenvalue weighted by molar-refractivity contribution is 5.95. The molecule has 0 spiro atoms. The fourth-order valence-corrected chi connectivity index (χ4v) is 3.14. The molecule has 7 heteroatoms. The molecule has 2 aromatic carbocycles. The number of anilines is 1. The average molecular weight is 352 g/mol. The smallest absolute Gasteiger partial charge is 0.293 e. The van der Waals surface area contributed by atoms with Crippen LogP contribution in [-0.2, 0) is 19.6 Å². The van der Waals surface area contributed by atoms with Gasteiger partial charge in [-0.05, 0) is 41.7 Å². The van der Waals surface area contributed by atoms with E-state index in [1.54, 1.807) is 12.1 Å². The Morgan fingerprint density at radius 1 is 1.15 bits per heavy atom. The number of nitrogens with one attached hydrogen (secondary N) is 3. The van der Waals surface area contributed by atoms with Gasteiger partial charge in [0.2, 0.25) is 0 Å². The van der Waals surface area contributed by atoms with Gasteiger partial charge in [-0.15, -0.1) is 0 Å². The monoisotopic (exact) mass is 352 g/mol. The third-order valence-electron chi connectivity index (χ3n) is 4.75. The molecule has 1 amide bonds. The number of nitro groups is 1. The van der Waals surface area contributed by atoms with Crippen LogP contribution >= 0.6 is 0 Å². The maximum atomic E-state index is 12.4. The van der Waals surface area contributed by atoms with Crippen LogP contribution in [0.3, 0.4) is 0 Å². The van der Waals surface area contributed by atoms with Gasteiger partial charge < -0.3 is 16.0 Å². The van der Waals surface area contributed by atoms with E-state index in [1.165, 1.54) is 17.2 Å². The van der Waals surface area contributed by atoms with Crippen molar-refractivity contribution in [1.82, 2.24) is 10.6 Å². The molecule has 1 aliphatic carbocycles. The maximum Gasteiger partial charge on any atom is 0.293 e. The first-order valence-electron chi connectivity index (χ1n) is 8.75. The molecule has 1 saturated carbocycles. The minimum Gasteiger partial charge on any atom is -0.377 e. The van der Waals surface area contributed by atoms with Crippen molar-refractivity contribution in [3.63, 3.8) is 0 Å². The van der Waals surface area contributed by atoms with E-state index in [4.69, 9.17) is 0 Å². The quantitative estimate of drug-likeness (QED) is 0.549. The van der Waals surface area contributed by atoms with E-state index < -0.39 is 4.92 Å². The summed E-state index contributed by atoms with van der Waals surface area (Å²) in [6.45, 7) is 2.12. The lowest BCUT2D eigenvalue weighted by Crippen LogP contribution is -2.23. The number of nitro benzene ring substituents is 1. The summed E-state index contributed by atoms with van der Waals surface area (Å²) in [6.07, 6.45) is 2.05. The lowest BCUT2D eigenvalue weighted by Gasteiger charge is -2.09. The molecule has 2 aliphatic rings. The molecule has 2 aromatic rings. The summed E-state index contributed by atoms with van der Waals surface area (Å²) in [7, 11) is 0. The van der Waals surface area contributed by atoms with E-state index in [0.29, 0.717) is 23.8 Å². The fourth-order valence-electron chi connectivity index (χ4n) is 3.14. The number of amides is 1. The van der Waals surface area contributed by atoms with Crippen LogP contribution in [0.15, 0.2) is 36.4 Å². The van der Waals surface area contributed by atoms with Crippen LogP contribution in [0.5, 0.6) is 0 Å². The van der Waals surface area contributed by atoms with Crippen LogP contribution < -0.4 is 16.0 Å². The Hall–Kier alpha value is -2.93. The topological polar surface area (TPSA) is 96.3 Å². The summed E-state index contributed by atoms with van der Waals surface area (Å²) in [5, 5.41) is 20.6. The summed E-state index contributed by atoms with van der Waals surface area (Å²) in [5.41, 5.74) is 4.26. The minimum atomic E-state index is -0.449. The highest BCUT2D eigenvalue weighted by Crippen LogP contribution is 2.31. The van der Waals surface area contributed by atoms with Crippen LogP contribution in [0.25, 0.3) is 0 Å². The molecular weight excluding hydrogens is 332 g/mol. The van der Waals surface area contributed by atoms with Crippen molar-refractivity contribution in [1.29, 1.82) is 0 Å². The van der Waals surface area contributed by atoms with Crippen molar-refractivity contribution < 1.29 is 9.72 Å². The van der Waals surface area contributed by atoms with Gasteiger partial charge in [-0.3, -0.25) is 14.9 Å². The molecule has 26 heavy (non-hydrogen) atoms. The largest absolute Gasteiger partial charge is 0.377 e. The minimum absolute atomic E-state index is 0.0619. The summed E-state index contributed by atoms with van der Waals surface area (Å²) in [6, 6.07) is 11.0. The average Bonchev–Trinajstić information content (AvgIpc) is 3.33. The second-order valence-electron chi connectivity index (χ2n) is 6.80. The number of fused-ring (bicyclic) bond motifs is 1. The molecular formula is C19H20N4O3. The molecule has 0 unspecified atom stereocenters. The van der Waals surface area contributed by atoms with Crippen molar-refractivity contribution in [3.8, 4) is 0 Å². The fraction of sp³-hybridized carbons (Fsp3) is 0.316.